The first-order valence-electron chi connectivity index (χ1n) is 5.10. The molecule has 0 aliphatic rings. The summed E-state index contributed by atoms with van der Waals surface area (Å²) in [6.45, 7) is -2.51. The van der Waals surface area contributed by atoms with Crippen molar-refractivity contribution in [3.8, 4) is 5.75 Å². The summed E-state index contributed by atoms with van der Waals surface area (Å²) >= 11 is 0. The van der Waals surface area contributed by atoms with Crippen LogP contribution in [0.15, 0.2) is 24.3 Å². The molecule has 1 aromatic carbocycles. The average Bonchev–Trinajstić information content (AvgIpc) is 2.25. The van der Waals surface area contributed by atoms with E-state index in [-0.39, 0.29) is 5.56 Å². The first kappa shape index (κ1) is 16.3. The third kappa shape index (κ3) is 6.41. The molecule has 0 saturated carbocycles. The maximum Gasteiger partial charge on any atom is 0.573 e. The Bertz CT molecular complexity index is 466. The molecule has 0 unspecified atom stereocenters. The summed E-state index contributed by atoms with van der Waals surface area (Å²) < 4.78 is 78.9. The number of ketones is 1. The summed E-state index contributed by atoms with van der Waals surface area (Å²) in [7, 11) is 0. The van der Waals surface area contributed by atoms with Crippen molar-refractivity contribution >= 4 is 5.78 Å². The molecule has 0 aliphatic carbocycles. The normalized spacial score (nSPS) is 12.3. The number of benzene rings is 1. The van der Waals surface area contributed by atoms with E-state index in [0.29, 0.717) is 0 Å². The Morgan fingerprint density at radius 1 is 1.10 bits per heavy atom. The number of Topliss-reactive ketones (excluding diaryl/α,β-unsaturated/α-hetero) is 1. The van der Waals surface area contributed by atoms with Gasteiger partial charge in [-0.15, -0.1) is 13.2 Å². The van der Waals surface area contributed by atoms with Crippen LogP contribution < -0.4 is 4.74 Å². The Morgan fingerprint density at radius 3 is 2.30 bits per heavy atom. The van der Waals surface area contributed by atoms with E-state index in [1.54, 1.807) is 0 Å². The Kier molecular flexibility index (Phi) is 4.98. The standard InChI is InChI=1S/C11H8F6O3/c12-10(13,14)6-19-5-9(18)7-2-1-3-8(4-7)20-11(15,16)17/h1-4H,5-6H2. The van der Waals surface area contributed by atoms with Gasteiger partial charge in [-0.3, -0.25) is 4.79 Å². The fraction of sp³-hybridized carbons (Fsp3) is 0.364. The molecular weight excluding hydrogens is 294 g/mol. The summed E-state index contributed by atoms with van der Waals surface area (Å²) in [6, 6.07) is 3.98. The molecule has 0 amide bonds. The molecule has 0 N–H and O–H groups in total. The highest BCUT2D eigenvalue weighted by atomic mass is 19.4. The molecule has 0 spiro atoms. The molecule has 112 valence electrons. The van der Waals surface area contributed by atoms with E-state index < -0.39 is 37.3 Å². The van der Waals surface area contributed by atoms with Gasteiger partial charge in [0.1, 0.15) is 19.0 Å². The lowest BCUT2D eigenvalue weighted by molar-refractivity contribution is -0.274. The minimum absolute atomic E-state index is 0.242. The van der Waals surface area contributed by atoms with Crippen LogP contribution in [-0.4, -0.2) is 31.5 Å². The molecule has 0 fully saturated rings. The smallest absolute Gasteiger partial charge is 0.406 e. The van der Waals surface area contributed by atoms with Crippen LogP contribution in [0.5, 0.6) is 5.75 Å². The number of rotatable bonds is 5. The second kappa shape index (κ2) is 6.12. The van der Waals surface area contributed by atoms with Crippen molar-refractivity contribution in [1.29, 1.82) is 0 Å². The molecule has 0 atom stereocenters. The van der Waals surface area contributed by atoms with Crippen molar-refractivity contribution in [3.63, 3.8) is 0 Å². The predicted octanol–water partition coefficient (Wildman–Crippen LogP) is 3.35. The highest BCUT2D eigenvalue weighted by Crippen LogP contribution is 2.23. The second-order valence-electron chi connectivity index (χ2n) is 3.61. The lowest BCUT2D eigenvalue weighted by Gasteiger charge is -2.10. The van der Waals surface area contributed by atoms with Crippen LogP contribution in [0.1, 0.15) is 10.4 Å². The van der Waals surface area contributed by atoms with E-state index in [9.17, 15) is 31.1 Å². The van der Waals surface area contributed by atoms with E-state index in [2.05, 4.69) is 9.47 Å². The van der Waals surface area contributed by atoms with Crippen molar-refractivity contribution in [2.75, 3.05) is 13.2 Å². The Balaban J connectivity index is 2.63. The molecule has 0 heterocycles. The number of carbonyl (C=O) groups excluding carboxylic acids is 1. The molecule has 1 rings (SSSR count). The summed E-state index contributed by atoms with van der Waals surface area (Å²) in [6.07, 6.45) is -9.50. The molecule has 1 aromatic rings. The molecule has 0 bridgehead atoms. The van der Waals surface area contributed by atoms with Gasteiger partial charge in [-0.05, 0) is 12.1 Å². The molecule has 3 nitrogen and oxygen atoms in total. The topological polar surface area (TPSA) is 35.5 Å². The summed E-state index contributed by atoms with van der Waals surface area (Å²) in [4.78, 5) is 11.4. The zero-order valence-corrected chi connectivity index (χ0v) is 9.72. The van der Waals surface area contributed by atoms with Crippen LogP contribution >= 0.6 is 0 Å². The quantitative estimate of drug-likeness (QED) is 0.618. The van der Waals surface area contributed by atoms with Gasteiger partial charge in [0, 0.05) is 5.56 Å². The van der Waals surface area contributed by atoms with E-state index in [1.807, 2.05) is 0 Å². The molecule has 9 heteroatoms. The number of carbonyl (C=O) groups is 1. The fourth-order valence-corrected chi connectivity index (χ4v) is 1.21. The Morgan fingerprint density at radius 2 is 1.75 bits per heavy atom. The van der Waals surface area contributed by atoms with Crippen LogP contribution in [0, 0.1) is 0 Å². The zero-order chi connectivity index (χ0) is 15.4. The first-order chi connectivity index (χ1) is 9.07. The highest BCUT2D eigenvalue weighted by Gasteiger charge is 2.31. The van der Waals surface area contributed by atoms with Crippen molar-refractivity contribution in [3.05, 3.63) is 29.8 Å². The van der Waals surface area contributed by atoms with E-state index >= 15 is 0 Å². The largest absolute Gasteiger partial charge is 0.573 e. The van der Waals surface area contributed by atoms with Gasteiger partial charge in [0.15, 0.2) is 5.78 Å². The van der Waals surface area contributed by atoms with Gasteiger partial charge in [0.2, 0.25) is 0 Å². The lowest BCUT2D eigenvalue weighted by Crippen LogP contribution is -2.20. The molecule has 0 radical (unpaired) electrons. The number of alkyl halides is 6. The highest BCUT2D eigenvalue weighted by molar-refractivity contribution is 5.97. The third-order valence-corrected chi connectivity index (χ3v) is 1.89. The predicted molar refractivity (Wildman–Crippen MR) is 54.3 cm³/mol. The van der Waals surface area contributed by atoms with Crippen molar-refractivity contribution in [1.82, 2.24) is 0 Å². The zero-order valence-electron chi connectivity index (χ0n) is 9.72. The third-order valence-electron chi connectivity index (χ3n) is 1.89. The number of hydrogen-bond acceptors (Lipinski definition) is 3. The van der Waals surface area contributed by atoms with Crippen LogP contribution in [0.3, 0.4) is 0 Å². The average molecular weight is 302 g/mol. The SMILES string of the molecule is O=C(COCC(F)(F)F)c1cccc(OC(F)(F)F)c1. The summed E-state index contributed by atoms with van der Waals surface area (Å²) in [5, 5.41) is 0. The van der Waals surface area contributed by atoms with Crippen LogP contribution in [0.4, 0.5) is 26.3 Å². The molecular formula is C11H8F6O3. The Labute approximate surface area is 109 Å². The lowest BCUT2D eigenvalue weighted by atomic mass is 10.1. The van der Waals surface area contributed by atoms with Gasteiger partial charge in [0.05, 0.1) is 0 Å². The monoisotopic (exact) mass is 302 g/mol. The van der Waals surface area contributed by atoms with Gasteiger partial charge < -0.3 is 9.47 Å². The molecule has 0 saturated heterocycles. The van der Waals surface area contributed by atoms with Gasteiger partial charge >= 0.3 is 12.5 Å². The van der Waals surface area contributed by atoms with Gasteiger partial charge in [-0.2, -0.15) is 13.2 Å². The van der Waals surface area contributed by atoms with E-state index in [1.165, 1.54) is 0 Å². The van der Waals surface area contributed by atoms with Crippen LogP contribution in [0.2, 0.25) is 0 Å². The van der Waals surface area contributed by atoms with Gasteiger partial charge in [-0.1, -0.05) is 12.1 Å². The van der Waals surface area contributed by atoms with Crippen LogP contribution in [-0.2, 0) is 4.74 Å². The van der Waals surface area contributed by atoms with Gasteiger partial charge in [0.25, 0.3) is 0 Å². The number of ether oxygens (including phenoxy) is 2. The molecule has 0 aliphatic heterocycles. The number of hydrogen-bond donors (Lipinski definition) is 0. The summed E-state index contributed by atoms with van der Waals surface area (Å²) in [5.74, 6) is -1.53. The summed E-state index contributed by atoms with van der Waals surface area (Å²) in [5.41, 5.74) is -0.242. The minimum Gasteiger partial charge on any atom is -0.406 e. The van der Waals surface area contributed by atoms with E-state index in [0.717, 1.165) is 24.3 Å². The fourth-order valence-electron chi connectivity index (χ4n) is 1.21. The van der Waals surface area contributed by atoms with Crippen molar-refractivity contribution < 1.29 is 40.6 Å². The maximum absolute atomic E-state index is 12.0. The van der Waals surface area contributed by atoms with Crippen molar-refractivity contribution in [2.24, 2.45) is 0 Å². The molecule has 20 heavy (non-hydrogen) atoms. The van der Waals surface area contributed by atoms with Crippen LogP contribution in [0.25, 0.3) is 0 Å². The Hall–Kier alpha value is -1.77. The minimum atomic E-state index is -4.92. The number of halogens is 6. The first-order valence-corrected chi connectivity index (χ1v) is 5.10. The second-order valence-corrected chi connectivity index (χ2v) is 3.61. The maximum atomic E-state index is 12.0. The molecule has 0 aromatic heterocycles. The van der Waals surface area contributed by atoms with E-state index in [4.69, 9.17) is 0 Å². The van der Waals surface area contributed by atoms with Crippen molar-refractivity contribution in [2.45, 2.75) is 12.5 Å². The van der Waals surface area contributed by atoms with Gasteiger partial charge in [-0.25, -0.2) is 0 Å².